The number of carboxylic acid groups (broad SMARTS) is 1. The van der Waals surface area contributed by atoms with E-state index in [1.54, 1.807) is 0 Å². The molecule has 14 heteroatoms. The minimum atomic E-state index is -0.933. The van der Waals surface area contributed by atoms with Crippen LogP contribution < -0.4 is 11.5 Å². The summed E-state index contributed by atoms with van der Waals surface area (Å²) >= 11 is 0. The molecule has 0 bridgehead atoms. The summed E-state index contributed by atoms with van der Waals surface area (Å²) in [4.78, 5) is 51.9. The average Bonchev–Trinajstić information content (AvgIpc) is 2.85. The van der Waals surface area contributed by atoms with Crippen molar-refractivity contribution in [3.8, 4) is 0 Å². The van der Waals surface area contributed by atoms with Gasteiger partial charge in [-0.15, -0.1) is 0 Å². The molecule has 2 aromatic rings. The van der Waals surface area contributed by atoms with Gasteiger partial charge < -0.3 is 16.6 Å². The predicted molar refractivity (Wildman–Crippen MR) is 134 cm³/mol. The number of hydrogen-bond donors (Lipinski definition) is 8. The lowest BCUT2D eigenvalue weighted by atomic mass is 9.98. The van der Waals surface area contributed by atoms with Crippen LogP contribution in [0.25, 0.3) is 0 Å². The van der Waals surface area contributed by atoms with Crippen LogP contribution in [0.1, 0.15) is 24.8 Å². The molecule has 0 saturated carbocycles. The third kappa shape index (κ3) is 20.1. The van der Waals surface area contributed by atoms with Crippen LogP contribution in [0.5, 0.6) is 0 Å². The second kappa shape index (κ2) is 29.8. The van der Waals surface area contributed by atoms with Gasteiger partial charge >= 0.3 is 5.97 Å². The molecule has 0 saturated heterocycles. The van der Waals surface area contributed by atoms with E-state index in [1.165, 1.54) is 26.4 Å². The van der Waals surface area contributed by atoms with E-state index in [1.807, 2.05) is 0 Å². The SMILES string of the molecule is Cc1cccc2c1=c1ccccc1=2.N=C=O.N=C=O.N=C=O.N=C=O.N=C=O.NCCCCC(N)C(=O)O. The lowest BCUT2D eigenvalue weighted by molar-refractivity contribution is -0.138. The van der Waals surface area contributed by atoms with Gasteiger partial charge in [-0.2, -0.15) is 0 Å². The summed E-state index contributed by atoms with van der Waals surface area (Å²) in [5.74, 6) is -0.933. The number of benzene rings is 2. The molecule has 0 radical (unpaired) electrons. The Balaban J connectivity index is -0.000000205. The molecule has 0 fully saturated rings. The average molecular weight is 528 g/mol. The minimum Gasteiger partial charge on any atom is -0.480 e. The molecule has 0 spiro atoms. The maximum atomic E-state index is 10.1. The van der Waals surface area contributed by atoms with Gasteiger partial charge in [0.05, 0.1) is 0 Å². The number of hydrogen-bond acceptors (Lipinski definition) is 13. The maximum absolute atomic E-state index is 10.1. The van der Waals surface area contributed by atoms with Gasteiger partial charge in [0.1, 0.15) is 6.04 Å². The number of carbonyl (C=O) groups is 1. The second-order valence-electron chi connectivity index (χ2n) is 6.28. The van der Waals surface area contributed by atoms with Gasteiger partial charge in [-0.05, 0) is 52.7 Å². The molecule has 0 heterocycles. The first-order valence-corrected chi connectivity index (χ1v) is 10.2. The van der Waals surface area contributed by atoms with Crippen molar-refractivity contribution in [2.45, 2.75) is 32.2 Å². The molecule has 3 rings (SSSR count). The highest BCUT2D eigenvalue weighted by Crippen LogP contribution is 2.15. The van der Waals surface area contributed by atoms with Crippen molar-refractivity contribution in [1.82, 2.24) is 0 Å². The second-order valence-corrected chi connectivity index (χ2v) is 6.28. The number of aliphatic carboxylic acids is 1. The fourth-order valence-electron chi connectivity index (χ4n) is 2.76. The van der Waals surface area contributed by atoms with Crippen molar-refractivity contribution < 1.29 is 33.9 Å². The summed E-state index contributed by atoms with van der Waals surface area (Å²) in [6.07, 6.45) is 5.91. The van der Waals surface area contributed by atoms with Crippen molar-refractivity contribution >= 4 is 36.4 Å². The first kappa shape index (κ1) is 39.9. The molecule has 1 aliphatic carbocycles. The monoisotopic (exact) mass is 527 g/mol. The Kier molecular flexibility index (Phi) is 31.3. The largest absolute Gasteiger partial charge is 0.480 e. The zero-order valence-electron chi connectivity index (χ0n) is 20.5. The van der Waals surface area contributed by atoms with Crippen molar-refractivity contribution in [2.24, 2.45) is 11.5 Å². The molecule has 1 atom stereocenters. The van der Waals surface area contributed by atoms with Gasteiger partial charge in [0.15, 0.2) is 0 Å². The first-order chi connectivity index (χ1) is 18.1. The lowest BCUT2D eigenvalue weighted by Crippen LogP contribution is -2.29. The van der Waals surface area contributed by atoms with Gasteiger partial charge in [0.2, 0.25) is 30.4 Å². The fourth-order valence-corrected chi connectivity index (χ4v) is 2.76. The van der Waals surface area contributed by atoms with E-state index in [9.17, 15) is 4.79 Å². The third-order valence-electron chi connectivity index (χ3n) is 4.05. The number of nitrogens with one attached hydrogen (secondary N) is 5. The smallest absolute Gasteiger partial charge is 0.320 e. The minimum absolute atomic E-state index is 0.520. The molecule has 1 aliphatic rings. The van der Waals surface area contributed by atoms with Gasteiger partial charge in [-0.25, -0.2) is 51.0 Å². The van der Waals surface area contributed by atoms with Crippen molar-refractivity contribution in [3.63, 3.8) is 0 Å². The van der Waals surface area contributed by atoms with Crippen molar-refractivity contribution in [1.29, 1.82) is 27.0 Å². The summed E-state index contributed by atoms with van der Waals surface area (Å²) in [5, 5.41) is 41.0. The highest BCUT2D eigenvalue weighted by atomic mass is 16.4. The number of aryl methyl sites for hydroxylation is 1. The van der Waals surface area contributed by atoms with Crippen LogP contribution in [-0.4, -0.2) is 54.1 Å². The predicted octanol–water partition coefficient (Wildman–Crippen LogP) is 1.91. The molecule has 0 aromatic heterocycles. The topological polar surface area (TPSA) is 294 Å². The zero-order valence-corrected chi connectivity index (χ0v) is 20.5. The van der Waals surface area contributed by atoms with E-state index < -0.39 is 12.0 Å². The summed E-state index contributed by atoms with van der Waals surface area (Å²) in [7, 11) is 0. The highest BCUT2D eigenvalue weighted by Gasteiger charge is 2.09. The molecular weight excluding hydrogens is 498 g/mol. The number of fused-ring (bicyclic) bond motifs is 2. The Labute approximate surface area is 216 Å². The Morgan fingerprint density at radius 1 is 0.763 bits per heavy atom. The van der Waals surface area contributed by atoms with E-state index in [-0.39, 0.29) is 0 Å². The number of carbonyl (C=O) groups excluding carboxylic acids is 5. The number of rotatable bonds is 5. The molecular formula is C24H29N7O7. The van der Waals surface area contributed by atoms with Crippen LogP contribution in [0.4, 0.5) is 0 Å². The number of unbranched alkanes of at least 4 members (excludes halogenated alkanes) is 1. The quantitative estimate of drug-likeness (QED) is 0.136. The van der Waals surface area contributed by atoms with E-state index >= 15 is 0 Å². The number of isocyanates is 5. The normalized spacial score (nSPS) is 8.39. The van der Waals surface area contributed by atoms with Gasteiger partial charge in [-0.3, -0.25) is 4.79 Å². The van der Waals surface area contributed by atoms with Crippen LogP contribution in [0.2, 0.25) is 0 Å². The molecule has 38 heavy (non-hydrogen) atoms. The fraction of sp³-hybridized carbons (Fsp3) is 0.250. The molecule has 1 unspecified atom stereocenters. The van der Waals surface area contributed by atoms with Crippen LogP contribution >= 0.6 is 0 Å². The Hall–Kier alpha value is -5.27. The zero-order chi connectivity index (χ0) is 30.4. The molecule has 0 amide bonds. The van der Waals surface area contributed by atoms with E-state index in [0.29, 0.717) is 13.0 Å². The highest BCUT2D eigenvalue weighted by molar-refractivity contribution is 5.72. The molecule has 0 aliphatic heterocycles. The van der Waals surface area contributed by atoms with Gasteiger partial charge in [0, 0.05) is 0 Å². The van der Waals surface area contributed by atoms with Crippen LogP contribution in [0, 0.1) is 54.8 Å². The standard InChI is InChI=1S/C13H10.C6H14N2O2.5CHNO/c1-9-5-4-8-12-10-6-2-3-7-11(10)13(9)12;7-4-2-1-3-5(8)6(9)10;5*2-1-3/h2-8H,1H3;5H,1-4,7-8H2,(H,9,10);5*2H. The summed E-state index contributed by atoms with van der Waals surface area (Å²) in [6.45, 7) is 2.78. The number of carboxylic acids is 1. The van der Waals surface area contributed by atoms with Crippen molar-refractivity contribution in [2.75, 3.05) is 6.54 Å². The lowest BCUT2D eigenvalue weighted by Gasteiger charge is -2.06. The van der Waals surface area contributed by atoms with Crippen LogP contribution in [-0.2, 0) is 28.8 Å². The van der Waals surface area contributed by atoms with E-state index in [4.69, 9.17) is 67.6 Å². The first-order valence-electron chi connectivity index (χ1n) is 10.2. The Morgan fingerprint density at radius 3 is 1.55 bits per heavy atom. The molecule has 2 aromatic carbocycles. The van der Waals surface area contributed by atoms with E-state index in [2.05, 4.69) is 49.4 Å². The Morgan fingerprint density at radius 2 is 1.16 bits per heavy atom. The number of nitrogens with two attached hydrogens (primary N) is 2. The van der Waals surface area contributed by atoms with Gasteiger partial charge in [0.25, 0.3) is 0 Å². The molecule has 202 valence electrons. The maximum Gasteiger partial charge on any atom is 0.320 e. The van der Waals surface area contributed by atoms with Crippen LogP contribution in [0.3, 0.4) is 0 Å². The third-order valence-corrected chi connectivity index (χ3v) is 4.05. The summed E-state index contributed by atoms with van der Waals surface area (Å²) < 4.78 is 0. The molecule has 10 N–H and O–H groups in total. The molecule has 14 nitrogen and oxygen atoms in total. The van der Waals surface area contributed by atoms with E-state index in [0.717, 1.165) is 43.2 Å². The summed E-state index contributed by atoms with van der Waals surface area (Å²) in [6, 6.07) is 14.4. The van der Waals surface area contributed by atoms with Crippen molar-refractivity contribution in [3.05, 3.63) is 68.9 Å². The van der Waals surface area contributed by atoms with Gasteiger partial charge in [-0.1, -0.05) is 48.9 Å². The Bertz CT molecular complexity index is 1250. The van der Waals surface area contributed by atoms with Crippen LogP contribution in [0.15, 0.2) is 42.5 Å². The summed E-state index contributed by atoms with van der Waals surface area (Å²) in [5.41, 5.74) is 11.8.